The summed E-state index contributed by atoms with van der Waals surface area (Å²) in [5.74, 6) is 0.262. The number of anilines is 1. The van der Waals surface area contributed by atoms with Crippen molar-refractivity contribution in [3.05, 3.63) is 62.8 Å². The normalized spacial score (nSPS) is 12.2. The van der Waals surface area contributed by atoms with Crippen LogP contribution in [0.15, 0.2) is 51.1 Å². The standard InChI is InChI=1S/C18H20N6O3/c1-12(8-9-13-6-4-3-5-7-13)21-22-17-19-15-14(24(17)10-11-25)16(26)20-18(27)23(15)2/h3-9,25H,10-11H2,1-2H3,(H,19,22)(H,20,26,27)/b9-8+,21-12?. The van der Waals surface area contributed by atoms with E-state index in [-0.39, 0.29) is 30.3 Å². The van der Waals surface area contributed by atoms with E-state index in [1.54, 1.807) is 0 Å². The van der Waals surface area contributed by atoms with E-state index in [2.05, 4.69) is 20.5 Å². The van der Waals surface area contributed by atoms with Crippen molar-refractivity contribution >= 4 is 28.9 Å². The lowest BCUT2D eigenvalue weighted by Crippen LogP contribution is -2.29. The Morgan fingerprint density at radius 2 is 2.07 bits per heavy atom. The molecule has 2 heterocycles. The Labute approximate surface area is 154 Å². The summed E-state index contributed by atoms with van der Waals surface area (Å²) in [6.45, 7) is 1.75. The minimum atomic E-state index is -0.563. The van der Waals surface area contributed by atoms with Crippen molar-refractivity contribution in [3.63, 3.8) is 0 Å². The van der Waals surface area contributed by atoms with Crippen molar-refractivity contribution < 1.29 is 5.11 Å². The van der Waals surface area contributed by atoms with Gasteiger partial charge in [0, 0.05) is 13.6 Å². The molecule has 0 saturated carbocycles. The Morgan fingerprint density at radius 3 is 2.78 bits per heavy atom. The number of hydrazone groups is 1. The second kappa shape index (κ2) is 7.83. The number of nitrogens with zero attached hydrogens (tertiary/aromatic N) is 4. The Morgan fingerprint density at radius 1 is 1.33 bits per heavy atom. The van der Waals surface area contributed by atoms with Gasteiger partial charge in [-0.2, -0.15) is 10.1 Å². The molecule has 0 aliphatic rings. The SMILES string of the molecule is CC(/C=C/c1ccccc1)=NNc1nc2c(c(=O)[nH]c(=O)n2C)n1CCO. The summed E-state index contributed by atoms with van der Waals surface area (Å²) in [6.07, 6.45) is 3.76. The molecule has 0 spiro atoms. The number of aryl methyl sites for hydroxylation is 1. The number of H-pyrrole nitrogens is 1. The second-order valence-corrected chi connectivity index (χ2v) is 5.91. The quantitative estimate of drug-likeness (QED) is 0.442. The minimum Gasteiger partial charge on any atom is -0.395 e. The molecule has 3 aromatic rings. The fourth-order valence-corrected chi connectivity index (χ4v) is 2.59. The third-order valence-corrected chi connectivity index (χ3v) is 3.98. The van der Waals surface area contributed by atoms with E-state index in [0.29, 0.717) is 5.71 Å². The minimum absolute atomic E-state index is 0.133. The number of rotatable bonds is 6. The zero-order valence-electron chi connectivity index (χ0n) is 15.0. The van der Waals surface area contributed by atoms with Crippen LogP contribution in [-0.4, -0.2) is 36.5 Å². The lowest BCUT2D eigenvalue weighted by molar-refractivity contribution is 0.278. The molecule has 0 radical (unpaired) electrons. The summed E-state index contributed by atoms with van der Waals surface area (Å²) in [5, 5.41) is 13.6. The van der Waals surface area contributed by atoms with Gasteiger partial charge in [-0.05, 0) is 18.6 Å². The summed E-state index contributed by atoms with van der Waals surface area (Å²) >= 11 is 0. The fraction of sp³-hybridized carbons (Fsp3) is 0.222. The number of aliphatic hydroxyl groups excluding tert-OH is 1. The number of hydrogen-bond donors (Lipinski definition) is 3. The van der Waals surface area contributed by atoms with Crippen LogP contribution in [0.25, 0.3) is 17.2 Å². The van der Waals surface area contributed by atoms with Crippen LogP contribution in [0.1, 0.15) is 12.5 Å². The van der Waals surface area contributed by atoms with Crippen molar-refractivity contribution in [2.24, 2.45) is 12.1 Å². The van der Waals surface area contributed by atoms with Gasteiger partial charge in [0.15, 0.2) is 11.2 Å². The molecule has 3 N–H and O–H groups in total. The molecule has 9 nitrogen and oxygen atoms in total. The number of aromatic nitrogens is 4. The molecule has 2 aromatic heterocycles. The largest absolute Gasteiger partial charge is 0.395 e. The Kier molecular flexibility index (Phi) is 5.32. The lowest BCUT2D eigenvalue weighted by atomic mass is 10.2. The van der Waals surface area contributed by atoms with Gasteiger partial charge in [0.05, 0.1) is 12.3 Å². The fourth-order valence-electron chi connectivity index (χ4n) is 2.59. The molecule has 0 aliphatic carbocycles. The van der Waals surface area contributed by atoms with E-state index in [1.807, 2.05) is 49.4 Å². The first-order valence-corrected chi connectivity index (χ1v) is 8.35. The number of nitrogens with one attached hydrogen (secondary N) is 2. The van der Waals surface area contributed by atoms with Crippen LogP contribution >= 0.6 is 0 Å². The van der Waals surface area contributed by atoms with E-state index in [0.717, 1.165) is 5.56 Å². The van der Waals surface area contributed by atoms with Gasteiger partial charge in [-0.1, -0.05) is 36.4 Å². The maximum atomic E-state index is 12.2. The van der Waals surface area contributed by atoms with Crippen LogP contribution in [0.5, 0.6) is 0 Å². The number of benzene rings is 1. The van der Waals surface area contributed by atoms with Crippen molar-refractivity contribution in [3.8, 4) is 0 Å². The molecule has 3 rings (SSSR count). The van der Waals surface area contributed by atoms with Gasteiger partial charge in [0.1, 0.15) is 0 Å². The zero-order chi connectivity index (χ0) is 19.4. The van der Waals surface area contributed by atoms with E-state index in [4.69, 9.17) is 0 Å². The molecule has 0 fully saturated rings. The molecule has 0 unspecified atom stereocenters. The molecule has 140 valence electrons. The summed E-state index contributed by atoms with van der Waals surface area (Å²) in [4.78, 5) is 30.5. The monoisotopic (exact) mass is 368 g/mol. The lowest BCUT2D eigenvalue weighted by Gasteiger charge is -2.06. The highest BCUT2D eigenvalue weighted by atomic mass is 16.3. The molecule has 0 amide bonds. The van der Waals surface area contributed by atoms with Crippen LogP contribution in [0.4, 0.5) is 5.95 Å². The highest BCUT2D eigenvalue weighted by Crippen LogP contribution is 2.15. The molecular weight excluding hydrogens is 348 g/mol. The number of aliphatic hydroxyl groups is 1. The van der Waals surface area contributed by atoms with Crippen LogP contribution in [0.2, 0.25) is 0 Å². The Hall–Kier alpha value is -3.46. The predicted molar refractivity (Wildman–Crippen MR) is 105 cm³/mol. The van der Waals surface area contributed by atoms with Crippen LogP contribution in [-0.2, 0) is 13.6 Å². The van der Waals surface area contributed by atoms with Gasteiger partial charge in [-0.15, -0.1) is 0 Å². The topological polar surface area (TPSA) is 117 Å². The number of allylic oxidation sites excluding steroid dienone is 1. The molecule has 0 atom stereocenters. The molecule has 9 heteroatoms. The summed E-state index contributed by atoms with van der Waals surface area (Å²) in [5.41, 5.74) is 3.82. The third-order valence-electron chi connectivity index (χ3n) is 3.98. The maximum Gasteiger partial charge on any atom is 0.329 e. The van der Waals surface area contributed by atoms with Crippen LogP contribution < -0.4 is 16.7 Å². The first-order chi connectivity index (χ1) is 13.0. The van der Waals surface area contributed by atoms with Gasteiger partial charge in [-0.25, -0.2) is 10.2 Å². The molecule has 0 bridgehead atoms. The smallest absolute Gasteiger partial charge is 0.329 e. The average molecular weight is 368 g/mol. The first kappa shape index (κ1) is 18.3. The van der Waals surface area contributed by atoms with Crippen molar-refractivity contribution in [1.82, 2.24) is 19.1 Å². The predicted octanol–water partition coefficient (Wildman–Crippen LogP) is 0.917. The van der Waals surface area contributed by atoms with Crippen molar-refractivity contribution in [1.29, 1.82) is 0 Å². The molecule has 0 saturated heterocycles. The van der Waals surface area contributed by atoms with E-state index in [1.165, 1.54) is 16.2 Å². The van der Waals surface area contributed by atoms with Gasteiger partial charge >= 0.3 is 5.69 Å². The highest BCUT2D eigenvalue weighted by Gasteiger charge is 2.16. The van der Waals surface area contributed by atoms with Crippen molar-refractivity contribution in [2.45, 2.75) is 13.5 Å². The van der Waals surface area contributed by atoms with Gasteiger partial charge < -0.3 is 9.67 Å². The van der Waals surface area contributed by atoms with E-state index >= 15 is 0 Å². The van der Waals surface area contributed by atoms with Gasteiger partial charge in [0.25, 0.3) is 5.56 Å². The summed E-state index contributed by atoms with van der Waals surface area (Å²) in [6, 6.07) is 9.79. The first-order valence-electron chi connectivity index (χ1n) is 8.35. The molecule has 0 aliphatic heterocycles. The van der Waals surface area contributed by atoms with Crippen LogP contribution in [0, 0.1) is 0 Å². The molecule has 27 heavy (non-hydrogen) atoms. The number of fused-ring (bicyclic) bond motifs is 1. The Balaban J connectivity index is 1.94. The summed E-state index contributed by atoms with van der Waals surface area (Å²) < 4.78 is 2.73. The third kappa shape index (κ3) is 3.87. The zero-order valence-corrected chi connectivity index (χ0v) is 15.0. The highest BCUT2D eigenvalue weighted by molar-refractivity contribution is 5.96. The van der Waals surface area contributed by atoms with Crippen LogP contribution in [0.3, 0.4) is 0 Å². The number of hydrogen-bond acceptors (Lipinski definition) is 6. The Bertz CT molecular complexity index is 1120. The van der Waals surface area contributed by atoms with Gasteiger partial charge in [0.2, 0.25) is 5.95 Å². The number of aromatic amines is 1. The maximum absolute atomic E-state index is 12.2. The molecule has 1 aromatic carbocycles. The van der Waals surface area contributed by atoms with E-state index in [9.17, 15) is 14.7 Å². The summed E-state index contributed by atoms with van der Waals surface area (Å²) in [7, 11) is 1.51. The van der Waals surface area contributed by atoms with E-state index < -0.39 is 11.2 Å². The molecular formula is C18H20N6O3. The van der Waals surface area contributed by atoms with Gasteiger partial charge in [-0.3, -0.25) is 14.3 Å². The average Bonchev–Trinajstić information content (AvgIpc) is 3.03. The van der Waals surface area contributed by atoms with Crippen molar-refractivity contribution in [2.75, 3.05) is 12.0 Å². The second-order valence-electron chi connectivity index (χ2n) is 5.91. The number of imidazole rings is 1.